The maximum atomic E-state index is 12.0. The fourth-order valence-electron chi connectivity index (χ4n) is 2.34. The third kappa shape index (κ3) is 9.54. The number of carboxylic acid groups (broad SMARTS) is 1. The Morgan fingerprint density at radius 2 is 1.83 bits per heavy atom. The van der Waals surface area contributed by atoms with Crippen LogP contribution in [0.1, 0.15) is 44.1 Å². The van der Waals surface area contributed by atoms with Crippen molar-refractivity contribution in [3.63, 3.8) is 0 Å². The quantitative estimate of drug-likeness (QED) is 0.405. The van der Waals surface area contributed by atoms with Crippen LogP contribution in [0.15, 0.2) is 30.3 Å². The molecule has 4 nitrogen and oxygen atoms in total. The summed E-state index contributed by atoms with van der Waals surface area (Å²) in [7, 11) is 0. The molecule has 5 heteroatoms. The van der Waals surface area contributed by atoms with Crippen molar-refractivity contribution in [3.8, 4) is 0 Å². The minimum atomic E-state index is -0.767. The number of aryl methyl sites for hydroxylation is 1. The van der Waals surface area contributed by atoms with Gasteiger partial charge in [-0.1, -0.05) is 0 Å². The summed E-state index contributed by atoms with van der Waals surface area (Å²) in [5, 5.41) is 9.76. The number of rotatable bonds is 13. The molecular formula is C18H27NO3Se. The number of benzene rings is 1. The molecule has 0 aliphatic heterocycles. The summed E-state index contributed by atoms with van der Waals surface area (Å²) in [6.45, 7) is 0.654. The third-order valence-corrected chi connectivity index (χ3v) is 6.04. The van der Waals surface area contributed by atoms with Gasteiger partial charge in [-0.15, -0.1) is 0 Å². The van der Waals surface area contributed by atoms with Crippen molar-refractivity contribution in [2.75, 3.05) is 6.54 Å². The van der Waals surface area contributed by atoms with E-state index >= 15 is 0 Å². The van der Waals surface area contributed by atoms with E-state index in [2.05, 4.69) is 12.1 Å². The summed E-state index contributed by atoms with van der Waals surface area (Å²) >= 11 is -0.215. The van der Waals surface area contributed by atoms with Gasteiger partial charge in [-0.05, 0) is 0 Å². The molecular weight excluding hydrogens is 357 g/mol. The van der Waals surface area contributed by atoms with Gasteiger partial charge in [0, 0.05) is 0 Å². The number of carbonyl (C=O) groups excluding carboxylic acids is 1. The number of hydrogen-bond donors (Lipinski definition) is 2. The second-order valence-electron chi connectivity index (χ2n) is 5.70. The van der Waals surface area contributed by atoms with Gasteiger partial charge in [0.05, 0.1) is 0 Å². The minimum absolute atomic E-state index is 0.215. The van der Waals surface area contributed by atoms with Crippen LogP contribution in [0.25, 0.3) is 0 Å². The number of unbranched alkanes of at least 4 members (excludes halogenated alkanes) is 2. The van der Waals surface area contributed by atoms with Crippen molar-refractivity contribution in [1.29, 1.82) is 0 Å². The van der Waals surface area contributed by atoms with Gasteiger partial charge in [-0.25, -0.2) is 0 Å². The summed E-state index contributed by atoms with van der Waals surface area (Å²) in [4.78, 5) is 23.2. The predicted octanol–water partition coefficient (Wildman–Crippen LogP) is 2.88. The van der Waals surface area contributed by atoms with Gasteiger partial charge in [0.1, 0.15) is 0 Å². The monoisotopic (exact) mass is 385 g/mol. The van der Waals surface area contributed by atoms with E-state index in [1.54, 1.807) is 0 Å². The van der Waals surface area contributed by atoms with Crippen LogP contribution >= 0.6 is 0 Å². The van der Waals surface area contributed by atoms with Gasteiger partial charge in [0.25, 0.3) is 0 Å². The molecule has 23 heavy (non-hydrogen) atoms. The number of carbonyl (C=O) groups is 2. The fraction of sp³-hybridized carbons (Fsp3) is 0.556. The van der Waals surface area contributed by atoms with E-state index in [9.17, 15) is 14.7 Å². The Morgan fingerprint density at radius 3 is 2.48 bits per heavy atom. The van der Waals surface area contributed by atoms with E-state index in [4.69, 9.17) is 5.73 Å². The van der Waals surface area contributed by atoms with Gasteiger partial charge in [0.15, 0.2) is 0 Å². The average molecular weight is 384 g/mol. The third-order valence-electron chi connectivity index (χ3n) is 3.74. The van der Waals surface area contributed by atoms with Crippen molar-refractivity contribution >= 4 is 25.6 Å². The van der Waals surface area contributed by atoms with Crippen molar-refractivity contribution in [3.05, 3.63) is 35.9 Å². The molecule has 0 spiro atoms. The second-order valence-corrected chi connectivity index (χ2v) is 7.96. The number of carboxylic acids is 1. The molecule has 0 bridgehead atoms. The van der Waals surface area contributed by atoms with Crippen molar-refractivity contribution in [2.45, 2.75) is 50.3 Å². The molecule has 1 aromatic rings. The van der Waals surface area contributed by atoms with E-state index in [0.717, 1.165) is 32.1 Å². The topological polar surface area (TPSA) is 80.4 Å². The SMILES string of the molecule is NCCCCCC(C[Se]C(=O)CCCc1ccccc1)C(=O)O. The van der Waals surface area contributed by atoms with E-state index in [1.165, 1.54) is 5.56 Å². The van der Waals surface area contributed by atoms with Crippen molar-refractivity contribution in [2.24, 2.45) is 11.7 Å². The fourth-order valence-corrected chi connectivity index (χ4v) is 4.40. The van der Waals surface area contributed by atoms with Gasteiger partial charge in [-0.2, -0.15) is 0 Å². The molecule has 0 fully saturated rings. The molecule has 0 aromatic heterocycles. The summed E-state index contributed by atoms with van der Waals surface area (Å²) in [6.07, 6.45) is 5.77. The number of nitrogens with two attached hydrogens (primary N) is 1. The average Bonchev–Trinajstić information content (AvgIpc) is 2.55. The van der Waals surface area contributed by atoms with Gasteiger partial charge < -0.3 is 0 Å². The van der Waals surface area contributed by atoms with Gasteiger partial charge in [-0.3, -0.25) is 0 Å². The van der Waals surface area contributed by atoms with E-state index in [-0.39, 0.29) is 25.6 Å². The first-order valence-electron chi connectivity index (χ1n) is 8.26. The maximum absolute atomic E-state index is 12.0. The van der Waals surface area contributed by atoms with Crippen LogP contribution in [0.5, 0.6) is 0 Å². The standard InChI is InChI=1S/C18H27NO3Se/c19-13-6-2-5-11-16(18(21)22)14-23-17(20)12-7-10-15-8-3-1-4-9-15/h1,3-4,8-9,16H,2,5-7,10-14,19H2,(H,21,22). The van der Waals surface area contributed by atoms with Crippen LogP contribution < -0.4 is 5.73 Å². The van der Waals surface area contributed by atoms with Crippen LogP contribution in [-0.2, 0) is 16.0 Å². The van der Waals surface area contributed by atoms with Crippen LogP contribution in [0.4, 0.5) is 0 Å². The summed E-state index contributed by atoms with van der Waals surface area (Å²) in [6, 6.07) is 10.1. The zero-order chi connectivity index (χ0) is 16.9. The Morgan fingerprint density at radius 1 is 1.09 bits per heavy atom. The zero-order valence-electron chi connectivity index (χ0n) is 13.6. The van der Waals surface area contributed by atoms with Gasteiger partial charge in [0.2, 0.25) is 0 Å². The Kier molecular flexibility index (Phi) is 10.6. The van der Waals surface area contributed by atoms with E-state index < -0.39 is 5.97 Å². The van der Waals surface area contributed by atoms with Crippen molar-refractivity contribution in [1.82, 2.24) is 0 Å². The zero-order valence-corrected chi connectivity index (χ0v) is 15.3. The molecule has 1 aromatic carbocycles. The molecule has 0 heterocycles. The summed E-state index contributed by atoms with van der Waals surface area (Å²) in [5.74, 6) is -1.14. The predicted molar refractivity (Wildman–Crippen MR) is 93.6 cm³/mol. The Balaban J connectivity index is 2.19. The first kappa shape index (κ1) is 19.9. The Labute approximate surface area is 145 Å². The van der Waals surface area contributed by atoms with Crippen LogP contribution in [0, 0.1) is 5.92 Å². The number of hydrogen-bond acceptors (Lipinski definition) is 3. The Bertz CT molecular complexity index is 465. The molecule has 128 valence electrons. The second kappa shape index (κ2) is 12.3. The summed E-state index contributed by atoms with van der Waals surface area (Å²) < 4.78 is 0.238. The first-order valence-corrected chi connectivity index (χ1v) is 10.3. The molecule has 1 rings (SSSR count). The van der Waals surface area contributed by atoms with Crippen LogP contribution in [-0.4, -0.2) is 37.3 Å². The van der Waals surface area contributed by atoms with E-state index in [0.29, 0.717) is 24.7 Å². The van der Waals surface area contributed by atoms with Crippen LogP contribution in [0.3, 0.4) is 0 Å². The van der Waals surface area contributed by atoms with Crippen LogP contribution in [0.2, 0.25) is 5.32 Å². The normalized spacial score (nSPS) is 12.0. The number of aliphatic carboxylic acids is 1. The molecule has 0 aliphatic rings. The van der Waals surface area contributed by atoms with Gasteiger partial charge >= 0.3 is 145 Å². The molecule has 1 unspecified atom stereocenters. The molecule has 0 radical (unpaired) electrons. The molecule has 3 N–H and O–H groups in total. The Hall–Kier alpha value is -1.16. The molecule has 0 amide bonds. The van der Waals surface area contributed by atoms with E-state index in [1.807, 2.05) is 18.2 Å². The molecule has 0 saturated heterocycles. The van der Waals surface area contributed by atoms with Crippen molar-refractivity contribution < 1.29 is 14.7 Å². The molecule has 0 aliphatic carbocycles. The molecule has 1 atom stereocenters. The first-order chi connectivity index (χ1) is 11.1. The molecule has 0 saturated carbocycles. The summed E-state index contributed by atoms with van der Waals surface area (Å²) in [5.41, 5.74) is 6.68.